The normalized spacial score (nSPS) is 10.7. The second-order valence-electron chi connectivity index (χ2n) is 4.69. The molecule has 0 aliphatic rings. The molecule has 1 heterocycles. The average molecular weight is 334 g/mol. The first-order chi connectivity index (χ1) is 11.1. The Hall–Kier alpha value is -2.53. The molecule has 5 nitrogen and oxygen atoms in total. The van der Waals surface area contributed by atoms with Crippen LogP contribution >= 0.6 is 11.6 Å². The number of nitrogens with one attached hydrogen (secondary N) is 1. The van der Waals surface area contributed by atoms with Crippen LogP contribution in [0.1, 0.15) is 11.3 Å². The summed E-state index contributed by atoms with van der Waals surface area (Å²) >= 11 is 5.88. The Kier molecular flexibility index (Phi) is 6.44. The molecule has 0 spiro atoms. The Morgan fingerprint density at radius 3 is 2.87 bits per heavy atom. The van der Waals surface area contributed by atoms with E-state index in [0.29, 0.717) is 23.7 Å². The summed E-state index contributed by atoms with van der Waals surface area (Å²) in [6.45, 7) is 0.121. The van der Waals surface area contributed by atoms with Crippen molar-refractivity contribution >= 4 is 29.6 Å². The van der Waals surface area contributed by atoms with Crippen molar-refractivity contribution in [1.29, 1.82) is 0 Å². The predicted molar refractivity (Wildman–Crippen MR) is 86.9 cm³/mol. The van der Waals surface area contributed by atoms with Gasteiger partial charge in [0.25, 0.3) is 5.91 Å². The molecule has 0 radical (unpaired) electrons. The number of benzene rings is 1. The number of esters is 1. The van der Waals surface area contributed by atoms with Crippen molar-refractivity contribution in [1.82, 2.24) is 5.32 Å². The Morgan fingerprint density at radius 1 is 1.26 bits per heavy atom. The summed E-state index contributed by atoms with van der Waals surface area (Å²) < 4.78 is 9.85. The standard InChI is InChI=1S/C17H16ClNO4/c18-14-4-1-3-13(11-14)8-9-19-16(20)12-23-17(21)7-6-15-5-2-10-22-15/h1-7,10-11H,8-9,12H2,(H,19,20)/b7-6+. The lowest BCUT2D eigenvalue weighted by atomic mass is 10.1. The summed E-state index contributed by atoms with van der Waals surface area (Å²) in [4.78, 5) is 23.0. The fraction of sp³-hybridized carbons (Fsp3) is 0.176. The molecule has 6 heteroatoms. The Balaban J connectivity index is 1.64. The van der Waals surface area contributed by atoms with E-state index in [2.05, 4.69) is 5.32 Å². The molecule has 1 amide bonds. The van der Waals surface area contributed by atoms with E-state index in [9.17, 15) is 9.59 Å². The van der Waals surface area contributed by atoms with Crippen LogP contribution in [-0.4, -0.2) is 25.0 Å². The van der Waals surface area contributed by atoms with E-state index in [4.69, 9.17) is 20.8 Å². The van der Waals surface area contributed by atoms with Gasteiger partial charge >= 0.3 is 5.97 Å². The smallest absolute Gasteiger partial charge is 0.331 e. The van der Waals surface area contributed by atoms with Crippen LogP contribution in [0.15, 0.2) is 53.2 Å². The highest BCUT2D eigenvalue weighted by Crippen LogP contribution is 2.10. The van der Waals surface area contributed by atoms with Gasteiger partial charge in [-0.3, -0.25) is 4.79 Å². The first-order valence-corrected chi connectivity index (χ1v) is 7.41. The molecule has 0 unspecified atom stereocenters. The van der Waals surface area contributed by atoms with E-state index in [1.165, 1.54) is 18.4 Å². The summed E-state index contributed by atoms with van der Waals surface area (Å²) in [7, 11) is 0. The molecular weight excluding hydrogens is 318 g/mol. The molecular formula is C17H16ClNO4. The van der Waals surface area contributed by atoms with Crippen molar-refractivity contribution in [2.45, 2.75) is 6.42 Å². The molecule has 1 N–H and O–H groups in total. The van der Waals surface area contributed by atoms with Gasteiger partial charge < -0.3 is 14.5 Å². The topological polar surface area (TPSA) is 68.5 Å². The lowest BCUT2D eigenvalue weighted by Crippen LogP contribution is -2.30. The van der Waals surface area contributed by atoms with Gasteiger partial charge in [-0.05, 0) is 42.3 Å². The number of ether oxygens (including phenoxy) is 1. The average Bonchev–Trinajstić information content (AvgIpc) is 3.04. The zero-order valence-electron chi connectivity index (χ0n) is 12.3. The second kappa shape index (κ2) is 8.80. The maximum absolute atomic E-state index is 11.6. The Morgan fingerprint density at radius 2 is 2.13 bits per heavy atom. The lowest BCUT2D eigenvalue weighted by molar-refractivity contribution is -0.143. The van der Waals surface area contributed by atoms with Crippen LogP contribution in [0.5, 0.6) is 0 Å². The summed E-state index contributed by atoms with van der Waals surface area (Å²) in [5.41, 5.74) is 1.02. The monoisotopic (exact) mass is 333 g/mol. The number of rotatable bonds is 7. The molecule has 0 saturated carbocycles. The van der Waals surface area contributed by atoms with Crippen LogP contribution in [-0.2, 0) is 20.7 Å². The zero-order chi connectivity index (χ0) is 16.5. The number of amides is 1. The highest BCUT2D eigenvalue weighted by molar-refractivity contribution is 6.30. The van der Waals surface area contributed by atoms with Gasteiger partial charge in [-0.25, -0.2) is 4.79 Å². The second-order valence-corrected chi connectivity index (χ2v) is 5.12. The van der Waals surface area contributed by atoms with E-state index in [1.807, 2.05) is 18.2 Å². The number of halogens is 1. The Labute approximate surface area is 138 Å². The van der Waals surface area contributed by atoms with Crippen molar-refractivity contribution in [2.24, 2.45) is 0 Å². The maximum atomic E-state index is 11.6. The minimum atomic E-state index is -0.605. The van der Waals surface area contributed by atoms with Crippen LogP contribution in [0, 0.1) is 0 Å². The van der Waals surface area contributed by atoms with Crippen molar-refractivity contribution < 1.29 is 18.7 Å². The van der Waals surface area contributed by atoms with Gasteiger partial charge in [0.1, 0.15) is 5.76 Å². The molecule has 120 valence electrons. The van der Waals surface area contributed by atoms with Crippen LogP contribution in [0.2, 0.25) is 5.02 Å². The van der Waals surface area contributed by atoms with Gasteiger partial charge in [0, 0.05) is 17.6 Å². The molecule has 2 rings (SSSR count). The Bertz CT molecular complexity index is 680. The molecule has 1 aromatic carbocycles. The third kappa shape index (κ3) is 6.40. The number of hydrogen-bond donors (Lipinski definition) is 1. The summed E-state index contributed by atoms with van der Waals surface area (Å²) in [5.74, 6) is -0.425. The number of carbonyl (C=O) groups excluding carboxylic acids is 2. The third-order valence-corrected chi connectivity index (χ3v) is 3.13. The van der Waals surface area contributed by atoms with Gasteiger partial charge in [-0.1, -0.05) is 23.7 Å². The molecule has 0 bridgehead atoms. The SMILES string of the molecule is O=C(COC(=O)/C=C/c1ccco1)NCCc1cccc(Cl)c1. The van der Waals surface area contributed by atoms with Crippen LogP contribution in [0.3, 0.4) is 0 Å². The van der Waals surface area contributed by atoms with Gasteiger partial charge in [0.2, 0.25) is 0 Å². The quantitative estimate of drug-likeness (QED) is 0.625. The highest BCUT2D eigenvalue weighted by Gasteiger charge is 2.05. The number of hydrogen-bond acceptors (Lipinski definition) is 4. The van der Waals surface area contributed by atoms with Crippen molar-refractivity contribution in [3.05, 3.63) is 65.1 Å². The largest absolute Gasteiger partial charge is 0.465 e. The molecule has 0 fully saturated rings. The molecule has 0 aliphatic carbocycles. The molecule has 0 atom stereocenters. The van der Waals surface area contributed by atoms with Crippen molar-refractivity contribution in [3.63, 3.8) is 0 Å². The first-order valence-electron chi connectivity index (χ1n) is 7.03. The number of carbonyl (C=O) groups is 2. The van der Waals surface area contributed by atoms with E-state index in [0.717, 1.165) is 5.56 Å². The first kappa shape index (κ1) is 16.8. The van der Waals surface area contributed by atoms with Crippen molar-refractivity contribution in [2.75, 3.05) is 13.2 Å². The predicted octanol–water partition coefficient (Wildman–Crippen LogP) is 2.85. The van der Waals surface area contributed by atoms with Crippen LogP contribution in [0.4, 0.5) is 0 Å². The summed E-state index contributed by atoms with van der Waals surface area (Å²) in [5, 5.41) is 3.33. The molecule has 0 aliphatic heterocycles. The molecule has 0 saturated heterocycles. The molecule has 23 heavy (non-hydrogen) atoms. The third-order valence-electron chi connectivity index (χ3n) is 2.90. The molecule has 2 aromatic rings. The van der Waals surface area contributed by atoms with E-state index >= 15 is 0 Å². The molecule has 1 aromatic heterocycles. The van der Waals surface area contributed by atoms with Crippen LogP contribution in [0.25, 0.3) is 6.08 Å². The van der Waals surface area contributed by atoms with E-state index < -0.39 is 5.97 Å². The fourth-order valence-corrected chi connectivity index (χ4v) is 2.02. The van der Waals surface area contributed by atoms with E-state index in [1.54, 1.807) is 18.2 Å². The minimum absolute atomic E-state index is 0.323. The fourth-order valence-electron chi connectivity index (χ4n) is 1.81. The van der Waals surface area contributed by atoms with Gasteiger partial charge in [-0.15, -0.1) is 0 Å². The maximum Gasteiger partial charge on any atom is 0.331 e. The van der Waals surface area contributed by atoms with Gasteiger partial charge in [-0.2, -0.15) is 0 Å². The van der Waals surface area contributed by atoms with Gasteiger partial charge in [0.05, 0.1) is 6.26 Å². The summed E-state index contributed by atoms with van der Waals surface area (Å²) in [6.07, 6.45) is 4.83. The van der Waals surface area contributed by atoms with Gasteiger partial charge in [0.15, 0.2) is 6.61 Å². The van der Waals surface area contributed by atoms with Crippen molar-refractivity contribution in [3.8, 4) is 0 Å². The minimum Gasteiger partial charge on any atom is -0.465 e. The van der Waals surface area contributed by atoms with Crippen LogP contribution < -0.4 is 5.32 Å². The zero-order valence-corrected chi connectivity index (χ0v) is 13.1. The number of furan rings is 1. The summed E-state index contributed by atoms with van der Waals surface area (Å²) in [6, 6.07) is 10.8. The lowest BCUT2D eigenvalue weighted by Gasteiger charge is -2.05. The van der Waals surface area contributed by atoms with E-state index in [-0.39, 0.29) is 12.5 Å². The highest BCUT2D eigenvalue weighted by atomic mass is 35.5.